The molecule has 3 heterocycles. The molecule has 0 saturated heterocycles. The predicted octanol–water partition coefficient (Wildman–Crippen LogP) is 10.8. The van der Waals surface area contributed by atoms with Gasteiger partial charge in [0.1, 0.15) is 29.6 Å². The van der Waals surface area contributed by atoms with E-state index in [1.807, 2.05) is 0 Å². The number of aromatic nitrogens is 5. The second kappa shape index (κ2) is 21.2. The lowest BCUT2D eigenvalue weighted by atomic mass is 9.84. The average molecular weight is 1230 g/mol. The number of sulfonamides is 1. The number of benzene rings is 3. The zero-order valence-corrected chi connectivity index (χ0v) is 47.3. The summed E-state index contributed by atoms with van der Waals surface area (Å²) in [6.07, 6.45) is -10.1. The van der Waals surface area contributed by atoms with Crippen molar-refractivity contribution in [1.29, 1.82) is 0 Å². The molecule has 1 fully saturated rings. The summed E-state index contributed by atoms with van der Waals surface area (Å²) in [4.78, 5) is 38.9. The number of pyridine rings is 1. The Morgan fingerprint density at radius 3 is 2.15 bits per heavy atom. The van der Waals surface area contributed by atoms with E-state index in [9.17, 15) is 62.3 Å². The molecule has 1 amide bonds. The number of carbonyl (C=O) groups excluding carboxylic acids is 1. The number of rotatable bonds is 20. The Kier molecular flexibility index (Phi) is 16.1. The number of nitrogens with one attached hydrogen (secondary N) is 1. The summed E-state index contributed by atoms with van der Waals surface area (Å²) in [6.45, 7) is 4.09. The van der Waals surface area contributed by atoms with E-state index in [0.29, 0.717) is 21.7 Å². The van der Waals surface area contributed by atoms with Gasteiger partial charge < -0.3 is 9.84 Å². The van der Waals surface area contributed by atoms with E-state index >= 15 is 17.6 Å². The number of para-hydroxylation sites is 1. The first kappa shape index (κ1) is 61.4. The standard InChI is InChI=1S/C51H53ClF10N7O9PS2/c1-26(24-67-44-39(43(65-67)51(60,61)62)34-22-35(34)50(44,58)59)63-37(20-27-18-29(53)21-30(54)19-27)41-32(13-12-31(64-41)16-17-48(4,5)80(6,74)75)33-14-15-36(52)40-42(33)68(25-49(55,56)57)66-45(40)69(81(7,76)77)46(70)47(2,3)23-28-10-8-9-11-38(28)78-79(71,72)73/h8-15,18-19,21,26,34-35,37,63H,16-17,20,22-25H2,1-7H3,(H2,71,72,73)/t26?,34?,35-,37+/m1/s1. The molecule has 440 valence electrons. The second-order valence-corrected chi connectivity index (χ2v) is 27.8. The zero-order chi connectivity index (χ0) is 60.1. The monoisotopic (exact) mass is 1230 g/mol. The van der Waals surface area contributed by atoms with Crippen molar-refractivity contribution in [3.63, 3.8) is 0 Å². The summed E-state index contributed by atoms with van der Waals surface area (Å²) in [5.41, 5.74) is -6.09. The molecule has 6 aromatic rings. The maximum absolute atomic E-state index is 15.8. The van der Waals surface area contributed by atoms with Gasteiger partial charge in [-0.25, -0.2) is 30.2 Å². The van der Waals surface area contributed by atoms with Crippen molar-refractivity contribution in [2.75, 3.05) is 16.8 Å². The van der Waals surface area contributed by atoms with Crippen LogP contribution in [0.4, 0.5) is 49.7 Å². The number of nitrogens with zero attached hydrogens (tertiary/aromatic N) is 6. The Balaban J connectivity index is 1.34. The van der Waals surface area contributed by atoms with Gasteiger partial charge in [0, 0.05) is 52.1 Å². The highest BCUT2D eigenvalue weighted by atomic mass is 35.5. The molecule has 4 atom stereocenters. The molecule has 0 bridgehead atoms. The highest BCUT2D eigenvalue weighted by Gasteiger charge is 2.68. The van der Waals surface area contributed by atoms with E-state index in [-0.39, 0.29) is 63.0 Å². The van der Waals surface area contributed by atoms with Crippen LogP contribution in [0.1, 0.15) is 98.9 Å². The number of phosphoric acid groups is 1. The van der Waals surface area contributed by atoms with Crippen molar-refractivity contribution in [2.45, 2.75) is 121 Å². The van der Waals surface area contributed by atoms with Gasteiger partial charge in [-0.1, -0.05) is 55.8 Å². The fourth-order valence-corrected chi connectivity index (χ4v) is 12.4. The summed E-state index contributed by atoms with van der Waals surface area (Å²) in [6, 6.07) is 10.1. The summed E-state index contributed by atoms with van der Waals surface area (Å²) in [5, 5.41) is 9.82. The number of halogens is 11. The first-order chi connectivity index (χ1) is 37.1. The normalized spacial score (nSPS) is 17.5. The number of anilines is 1. The fraction of sp³-hybridized carbons (Fsp3) is 0.451. The third-order valence-electron chi connectivity index (χ3n) is 14.3. The largest absolute Gasteiger partial charge is 0.524 e. The number of hydrogen-bond acceptors (Lipinski definition) is 11. The molecule has 81 heavy (non-hydrogen) atoms. The molecule has 1 saturated carbocycles. The van der Waals surface area contributed by atoms with Gasteiger partial charge in [-0.15, -0.1) is 0 Å². The van der Waals surface area contributed by atoms with E-state index in [1.54, 1.807) is 0 Å². The third-order valence-corrected chi connectivity index (χ3v) is 18.3. The van der Waals surface area contributed by atoms with Crippen LogP contribution < -0.4 is 14.1 Å². The van der Waals surface area contributed by atoms with Crippen molar-refractivity contribution in [1.82, 2.24) is 29.9 Å². The Morgan fingerprint density at radius 1 is 0.926 bits per heavy atom. The number of alkyl halides is 8. The molecule has 3 N–H and O–H groups in total. The minimum atomic E-state index is -5.19. The predicted molar refractivity (Wildman–Crippen MR) is 278 cm³/mol. The summed E-state index contributed by atoms with van der Waals surface area (Å²) < 4.78 is 219. The molecule has 3 aromatic carbocycles. The Labute approximate surface area is 463 Å². The highest BCUT2D eigenvalue weighted by molar-refractivity contribution is 7.93. The van der Waals surface area contributed by atoms with Gasteiger partial charge in [0.15, 0.2) is 21.3 Å². The van der Waals surface area contributed by atoms with Crippen LogP contribution in [-0.2, 0) is 73.7 Å². The summed E-state index contributed by atoms with van der Waals surface area (Å²) >= 11 is 6.83. The summed E-state index contributed by atoms with van der Waals surface area (Å²) in [5.74, 6) is -11.0. The number of hydrogen-bond donors (Lipinski definition) is 3. The van der Waals surface area contributed by atoms with Crippen LogP contribution in [0.3, 0.4) is 0 Å². The molecular formula is C51H53ClF10N7O9PS2. The number of phosphoric ester groups is 1. The molecule has 8 rings (SSSR count). The fourth-order valence-electron chi connectivity index (χ4n) is 10.2. The second-order valence-electron chi connectivity index (χ2n) is 21.7. The van der Waals surface area contributed by atoms with Crippen molar-refractivity contribution in [3.8, 4) is 16.9 Å². The maximum atomic E-state index is 15.8. The van der Waals surface area contributed by atoms with E-state index < -0.39 is 162 Å². The maximum Gasteiger partial charge on any atom is 0.524 e. The van der Waals surface area contributed by atoms with Crippen LogP contribution >= 0.6 is 19.4 Å². The van der Waals surface area contributed by atoms with Crippen LogP contribution in [0.2, 0.25) is 5.02 Å². The van der Waals surface area contributed by atoms with Crippen LogP contribution in [0, 0.1) is 23.0 Å². The van der Waals surface area contributed by atoms with Gasteiger partial charge in [-0.05, 0) is 100 Å². The molecule has 2 aliphatic rings. The van der Waals surface area contributed by atoms with Crippen molar-refractivity contribution >= 4 is 61.9 Å². The molecule has 16 nitrogen and oxygen atoms in total. The van der Waals surface area contributed by atoms with Crippen LogP contribution in [-0.4, -0.2) is 86.6 Å². The lowest BCUT2D eigenvalue weighted by Gasteiger charge is -2.30. The number of fused-ring (bicyclic) bond motifs is 4. The molecule has 2 unspecified atom stereocenters. The van der Waals surface area contributed by atoms with E-state index in [1.165, 1.54) is 77.1 Å². The van der Waals surface area contributed by atoms with E-state index in [2.05, 4.69) is 15.5 Å². The SMILES string of the molecule is CC(Cn1nc(C(F)(F)F)c2c1C(F)(F)[C@@H]1CC21)N[C@@H](Cc1cc(F)cc(F)c1)c1nc(CCC(C)(C)S(C)(=O)=O)ccc1-c1ccc(Cl)c2c(N(C(=O)C(C)(C)Cc3ccccc3OP(=O)(O)O)S(C)(=O)=O)nn(CC(F)(F)F)c12. The number of aryl methyl sites for hydroxylation is 1. The number of sulfone groups is 1. The van der Waals surface area contributed by atoms with E-state index in [4.69, 9.17) is 21.1 Å². The van der Waals surface area contributed by atoms with Crippen molar-refractivity contribution < 1.29 is 84.4 Å². The van der Waals surface area contributed by atoms with Crippen LogP contribution in [0.15, 0.2) is 66.7 Å². The molecule has 0 aliphatic heterocycles. The molecule has 0 spiro atoms. The van der Waals surface area contributed by atoms with Gasteiger partial charge in [-0.3, -0.25) is 28.9 Å². The van der Waals surface area contributed by atoms with Crippen LogP contribution in [0.5, 0.6) is 5.75 Å². The number of amides is 1. The quantitative estimate of drug-likeness (QED) is 0.0480. The van der Waals surface area contributed by atoms with Gasteiger partial charge in [0.2, 0.25) is 15.9 Å². The summed E-state index contributed by atoms with van der Waals surface area (Å²) in [7, 11) is -13.9. The third kappa shape index (κ3) is 13.0. The first-order valence-electron chi connectivity index (χ1n) is 24.7. The van der Waals surface area contributed by atoms with Gasteiger partial charge in [0.25, 0.3) is 5.92 Å². The lowest BCUT2D eigenvalue weighted by molar-refractivity contribution is -0.142. The molecular weight excluding hydrogens is 1180 g/mol. The zero-order valence-electron chi connectivity index (χ0n) is 44.0. The van der Waals surface area contributed by atoms with Crippen LogP contribution in [0.25, 0.3) is 22.0 Å². The Morgan fingerprint density at radius 2 is 1.56 bits per heavy atom. The Bertz CT molecular complexity index is 3740. The topological polar surface area (TPSA) is 216 Å². The van der Waals surface area contributed by atoms with E-state index in [0.717, 1.165) is 24.5 Å². The Hall–Kier alpha value is -5.64. The molecule has 2 aliphatic carbocycles. The van der Waals surface area contributed by atoms with Gasteiger partial charge >= 0.3 is 20.2 Å². The average Bonchev–Trinajstić information content (AvgIpc) is 3.86. The highest BCUT2D eigenvalue weighted by Crippen LogP contribution is 2.68. The van der Waals surface area contributed by atoms with Crippen molar-refractivity contribution in [2.24, 2.45) is 11.3 Å². The number of carbonyl (C=O) groups is 1. The smallest absolute Gasteiger partial charge is 0.404 e. The van der Waals surface area contributed by atoms with Gasteiger partial charge in [-0.2, -0.15) is 49.6 Å². The minimum Gasteiger partial charge on any atom is -0.404 e. The first-order valence-corrected chi connectivity index (χ1v) is 30.3. The van der Waals surface area contributed by atoms with Crippen molar-refractivity contribution in [3.05, 3.63) is 123 Å². The van der Waals surface area contributed by atoms with Gasteiger partial charge in [0.05, 0.1) is 45.2 Å². The lowest BCUT2D eigenvalue weighted by Crippen LogP contribution is -2.45. The minimum absolute atomic E-state index is 0.00352. The molecule has 30 heteroatoms. The molecule has 3 aromatic heterocycles. The molecule has 0 radical (unpaired) electrons.